The first-order valence-corrected chi connectivity index (χ1v) is 7.34. The number of piperidine rings is 1. The van der Waals surface area contributed by atoms with Crippen molar-refractivity contribution in [1.29, 1.82) is 0 Å². The maximum Gasteiger partial charge on any atom is 0.121 e. The molecule has 100 valence electrons. The standard InChI is InChI=1S/C14H21BrN2O/c1-3-17-8-6-11(7-9-17)16-14-10-12(18-2)4-5-13(14)15/h4-5,10-11,16H,3,6-9H2,1-2H3. The third kappa shape index (κ3) is 3.39. The molecule has 3 nitrogen and oxygen atoms in total. The van der Waals surface area contributed by atoms with Crippen LogP contribution in [0.1, 0.15) is 19.8 Å². The van der Waals surface area contributed by atoms with Crippen LogP contribution in [0.15, 0.2) is 22.7 Å². The van der Waals surface area contributed by atoms with Crippen LogP contribution in [0.2, 0.25) is 0 Å². The fourth-order valence-electron chi connectivity index (χ4n) is 2.36. The molecule has 1 aromatic carbocycles. The Bertz CT molecular complexity index is 389. The van der Waals surface area contributed by atoms with Gasteiger partial charge in [0.15, 0.2) is 0 Å². The molecule has 0 unspecified atom stereocenters. The number of likely N-dealkylation sites (tertiary alicyclic amines) is 1. The van der Waals surface area contributed by atoms with Crippen molar-refractivity contribution in [2.45, 2.75) is 25.8 Å². The summed E-state index contributed by atoms with van der Waals surface area (Å²) in [4.78, 5) is 2.50. The molecule has 4 heteroatoms. The number of nitrogens with one attached hydrogen (secondary N) is 1. The zero-order valence-electron chi connectivity index (χ0n) is 11.1. The molecule has 0 aromatic heterocycles. The predicted molar refractivity (Wildman–Crippen MR) is 79.5 cm³/mol. The third-order valence-corrected chi connectivity index (χ3v) is 4.26. The summed E-state index contributed by atoms with van der Waals surface area (Å²) in [5, 5.41) is 3.61. The fourth-order valence-corrected chi connectivity index (χ4v) is 2.72. The number of hydrogen-bond acceptors (Lipinski definition) is 3. The molecular weight excluding hydrogens is 292 g/mol. The Hall–Kier alpha value is -0.740. The first-order chi connectivity index (χ1) is 8.72. The number of hydrogen-bond donors (Lipinski definition) is 1. The van der Waals surface area contributed by atoms with Gasteiger partial charge >= 0.3 is 0 Å². The van der Waals surface area contributed by atoms with Gasteiger partial charge in [-0.25, -0.2) is 0 Å². The Morgan fingerprint density at radius 3 is 2.72 bits per heavy atom. The Labute approximate surface area is 118 Å². The summed E-state index contributed by atoms with van der Waals surface area (Å²) in [6, 6.07) is 6.62. The van der Waals surface area contributed by atoms with Gasteiger partial charge < -0.3 is 15.0 Å². The summed E-state index contributed by atoms with van der Waals surface area (Å²) in [7, 11) is 1.70. The van der Waals surface area contributed by atoms with Gasteiger partial charge in [0.2, 0.25) is 0 Å². The quantitative estimate of drug-likeness (QED) is 0.922. The Morgan fingerprint density at radius 2 is 2.11 bits per heavy atom. The van der Waals surface area contributed by atoms with E-state index in [-0.39, 0.29) is 0 Å². The highest BCUT2D eigenvalue weighted by molar-refractivity contribution is 9.10. The molecule has 0 bridgehead atoms. The van der Waals surface area contributed by atoms with E-state index < -0.39 is 0 Å². The zero-order valence-corrected chi connectivity index (χ0v) is 12.7. The van der Waals surface area contributed by atoms with Crippen molar-refractivity contribution < 1.29 is 4.74 Å². The summed E-state index contributed by atoms with van der Waals surface area (Å²) in [5.74, 6) is 0.895. The minimum Gasteiger partial charge on any atom is -0.497 e. The zero-order chi connectivity index (χ0) is 13.0. The highest BCUT2D eigenvalue weighted by Crippen LogP contribution is 2.29. The minimum absolute atomic E-state index is 0.566. The predicted octanol–water partition coefficient (Wildman–Crippen LogP) is 3.35. The number of benzene rings is 1. The van der Waals surface area contributed by atoms with Crippen LogP contribution in [0.3, 0.4) is 0 Å². The highest BCUT2D eigenvalue weighted by atomic mass is 79.9. The van der Waals surface area contributed by atoms with Gasteiger partial charge in [-0.1, -0.05) is 6.92 Å². The molecular formula is C14H21BrN2O. The molecule has 0 radical (unpaired) electrons. The minimum atomic E-state index is 0.566. The van der Waals surface area contributed by atoms with Gasteiger partial charge in [0.1, 0.15) is 5.75 Å². The van der Waals surface area contributed by atoms with Gasteiger partial charge in [-0.3, -0.25) is 0 Å². The smallest absolute Gasteiger partial charge is 0.121 e. The van der Waals surface area contributed by atoms with E-state index in [0.717, 1.165) is 22.5 Å². The van der Waals surface area contributed by atoms with E-state index in [9.17, 15) is 0 Å². The van der Waals surface area contributed by atoms with E-state index >= 15 is 0 Å². The SMILES string of the molecule is CCN1CCC(Nc2cc(OC)ccc2Br)CC1. The molecule has 0 saturated carbocycles. The molecule has 1 fully saturated rings. The number of ether oxygens (including phenoxy) is 1. The lowest BCUT2D eigenvalue weighted by Crippen LogP contribution is -2.38. The van der Waals surface area contributed by atoms with Crippen molar-refractivity contribution in [3.8, 4) is 5.75 Å². The summed E-state index contributed by atoms with van der Waals surface area (Å²) in [6.07, 6.45) is 2.41. The van der Waals surface area contributed by atoms with Crippen LogP contribution in [0, 0.1) is 0 Å². The monoisotopic (exact) mass is 312 g/mol. The second kappa shape index (κ2) is 6.43. The lowest BCUT2D eigenvalue weighted by atomic mass is 10.0. The molecule has 0 atom stereocenters. The van der Waals surface area contributed by atoms with Crippen molar-refractivity contribution in [2.24, 2.45) is 0 Å². The molecule has 2 rings (SSSR count). The van der Waals surface area contributed by atoms with E-state index in [4.69, 9.17) is 4.74 Å². The number of halogens is 1. The van der Waals surface area contributed by atoms with Gasteiger partial charge in [-0.15, -0.1) is 0 Å². The van der Waals surface area contributed by atoms with Gasteiger partial charge in [0, 0.05) is 29.7 Å². The van der Waals surface area contributed by atoms with Gasteiger partial charge in [-0.05, 0) is 47.4 Å². The van der Waals surface area contributed by atoms with Crippen molar-refractivity contribution in [1.82, 2.24) is 4.90 Å². The van der Waals surface area contributed by atoms with E-state index in [2.05, 4.69) is 39.1 Å². The van der Waals surface area contributed by atoms with Crippen molar-refractivity contribution in [3.63, 3.8) is 0 Å². The Kier molecular flexibility index (Phi) is 4.89. The lowest BCUT2D eigenvalue weighted by Gasteiger charge is -2.32. The fraction of sp³-hybridized carbons (Fsp3) is 0.571. The van der Waals surface area contributed by atoms with Crippen LogP contribution in [0.5, 0.6) is 5.75 Å². The van der Waals surface area contributed by atoms with Crippen molar-refractivity contribution in [2.75, 3.05) is 32.1 Å². The molecule has 1 aliphatic rings. The van der Waals surface area contributed by atoms with E-state index in [1.54, 1.807) is 7.11 Å². The van der Waals surface area contributed by atoms with E-state index in [1.807, 2.05) is 12.1 Å². The van der Waals surface area contributed by atoms with Crippen LogP contribution in [-0.2, 0) is 0 Å². The molecule has 1 saturated heterocycles. The van der Waals surface area contributed by atoms with Crippen LogP contribution >= 0.6 is 15.9 Å². The van der Waals surface area contributed by atoms with Crippen LogP contribution in [0.4, 0.5) is 5.69 Å². The van der Waals surface area contributed by atoms with Gasteiger partial charge in [0.05, 0.1) is 12.8 Å². The maximum absolute atomic E-state index is 5.26. The highest BCUT2D eigenvalue weighted by Gasteiger charge is 2.18. The summed E-state index contributed by atoms with van der Waals surface area (Å²) >= 11 is 3.58. The number of nitrogens with zero attached hydrogens (tertiary/aromatic N) is 1. The van der Waals surface area contributed by atoms with Crippen LogP contribution < -0.4 is 10.1 Å². The van der Waals surface area contributed by atoms with Crippen molar-refractivity contribution in [3.05, 3.63) is 22.7 Å². The first-order valence-electron chi connectivity index (χ1n) is 6.55. The second-order valence-electron chi connectivity index (χ2n) is 4.70. The summed E-state index contributed by atoms with van der Waals surface area (Å²) in [5.41, 5.74) is 1.13. The summed E-state index contributed by atoms with van der Waals surface area (Å²) in [6.45, 7) is 5.77. The molecule has 1 N–H and O–H groups in total. The number of anilines is 1. The Balaban J connectivity index is 1.97. The largest absolute Gasteiger partial charge is 0.497 e. The number of rotatable bonds is 4. The molecule has 1 aliphatic heterocycles. The van der Waals surface area contributed by atoms with E-state index in [1.165, 1.54) is 25.9 Å². The molecule has 0 amide bonds. The summed E-state index contributed by atoms with van der Waals surface area (Å²) < 4.78 is 6.36. The number of methoxy groups -OCH3 is 1. The average molecular weight is 313 g/mol. The normalized spacial score (nSPS) is 17.7. The lowest BCUT2D eigenvalue weighted by molar-refractivity contribution is 0.229. The topological polar surface area (TPSA) is 24.5 Å². The average Bonchev–Trinajstić information content (AvgIpc) is 2.42. The maximum atomic E-state index is 5.26. The van der Waals surface area contributed by atoms with Crippen LogP contribution in [-0.4, -0.2) is 37.7 Å². The van der Waals surface area contributed by atoms with E-state index in [0.29, 0.717) is 6.04 Å². The third-order valence-electron chi connectivity index (χ3n) is 3.57. The molecule has 18 heavy (non-hydrogen) atoms. The molecule has 1 aromatic rings. The van der Waals surface area contributed by atoms with Crippen LogP contribution in [0.25, 0.3) is 0 Å². The Morgan fingerprint density at radius 1 is 1.39 bits per heavy atom. The molecule has 0 aliphatic carbocycles. The molecule has 0 spiro atoms. The first kappa shape index (κ1) is 13.7. The van der Waals surface area contributed by atoms with Gasteiger partial charge in [-0.2, -0.15) is 0 Å². The second-order valence-corrected chi connectivity index (χ2v) is 5.55. The molecule has 1 heterocycles. The van der Waals surface area contributed by atoms with Crippen molar-refractivity contribution >= 4 is 21.6 Å². The van der Waals surface area contributed by atoms with Gasteiger partial charge in [0.25, 0.3) is 0 Å².